The second-order valence-electron chi connectivity index (χ2n) is 6.86. The molecule has 0 aliphatic rings. The van der Waals surface area contributed by atoms with Crippen LogP contribution in [0.5, 0.6) is 11.5 Å². The average Bonchev–Trinajstić information content (AvgIpc) is 3.18. The van der Waals surface area contributed by atoms with Crippen molar-refractivity contribution in [1.82, 2.24) is 10.5 Å². The van der Waals surface area contributed by atoms with Gasteiger partial charge in [-0.25, -0.2) is 4.39 Å². The van der Waals surface area contributed by atoms with E-state index in [1.807, 2.05) is 39.0 Å². The number of aromatic nitrogens is 1. The first-order chi connectivity index (χ1) is 13.9. The SMILES string of the molecule is COc1ccc(F)cc1CNC(=O)c1cc(-c2ccc(OC(C)C)c(C)c2)on1. The van der Waals surface area contributed by atoms with Crippen LogP contribution in [0.2, 0.25) is 0 Å². The summed E-state index contributed by atoms with van der Waals surface area (Å²) in [6.07, 6.45) is 0.0804. The van der Waals surface area contributed by atoms with Gasteiger partial charge in [-0.15, -0.1) is 0 Å². The van der Waals surface area contributed by atoms with Crippen molar-refractivity contribution in [3.63, 3.8) is 0 Å². The Morgan fingerprint density at radius 3 is 2.62 bits per heavy atom. The van der Waals surface area contributed by atoms with Gasteiger partial charge in [0.05, 0.1) is 13.2 Å². The van der Waals surface area contributed by atoms with E-state index in [0.717, 1.165) is 16.9 Å². The lowest BCUT2D eigenvalue weighted by atomic mass is 10.1. The zero-order valence-corrected chi connectivity index (χ0v) is 16.8. The van der Waals surface area contributed by atoms with Crippen LogP contribution < -0.4 is 14.8 Å². The van der Waals surface area contributed by atoms with E-state index >= 15 is 0 Å². The molecular formula is C22H23FN2O4. The summed E-state index contributed by atoms with van der Waals surface area (Å²) in [5.41, 5.74) is 2.41. The van der Waals surface area contributed by atoms with E-state index in [1.165, 1.54) is 25.3 Å². The van der Waals surface area contributed by atoms with Crippen molar-refractivity contribution in [2.24, 2.45) is 0 Å². The largest absolute Gasteiger partial charge is 0.496 e. The highest BCUT2D eigenvalue weighted by Gasteiger charge is 2.15. The van der Waals surface area contributed by atoms with E-state index in [2.05, 4.69) is 10.5 Å². The number of halogens is 1. The summed E-state index contributed by atoms with van der Waals surface area (Å²) in [5, 5.41) is 6.54. The molecule has 1 amide bonds. The molecule has 0 aliphatic carbocycles. The Balaban J connectivity index is 1.70. The number of carbonyl (C=O) groups excluding carboxylic acids is 1. The number of benzene rings is 2. The van der Waals surface area contributed by atoms with Gasteiger partial charge in [0.25, 0.3) is 5.91 Å². The third-order valence-corrected chi connectivity index (χ3v) is 4.25. The molecule has 0 radical (unpaired) electrons. The number of nitrogens with one attached hydrogen (secondary N) is 1. The first kappa shape index (κ1) is 20.4. The number of rotatable bonds is 7. The Labute approximate surface area is 168 Å². The minimum Gasteiger partial charge on any atom is -0.496 e. The fourth-order valence-corrected chi connectivity index (χ4v) is 2.86. The Kier molecular flexibility index (Phi) is 6.16. The number of aryl methyl sites for hydroxylation is 1. The van der Waals surface area contributed by atoms with Crippen LogP contribution in [0.4, 0.5) is 4.39 Å². The average molecular weight is 398 g/mol. The van der Waals surface area contributed by atoms with Crippen molar-refractivity contribution in [3.05, 3.63) is 65.1 Å². The van der Waals surface area contributed by atoms with Crippen molar-refractivity contribution in [1.29, 1.82) is 0 Å². The molecule has 7 heteroatoms. The second-order valence-corrected chi connectivity index (χ2v) is 6.86. The predicted molar refractivity (Wildman–Crippen MR) is 107 cm³/mol. The number of hydrogen-bond donors (Lipinski definition) is 1. The highest BCUT2D eigenvalue weighted by molar-refractivity contribution is 5.93. The highest BCUT2D eigenvalue weighted by atomic mass is 19.1. The molecule has 6 nitrogen and oxygen atoms in total. The number of methoxy groups -OCH3 is 1. The molecule has 3 aromatic rings. The number of carbonyl (C=O) groups is 1. The van der Waals surface area contributed by atoms with Crippen molar-refractivity contribution in [2.75, 3.05) is 7.11 Å². The van der Waals surface area contributed by atoms with Gasteiger partial charge in [-0.05, 0) is 62.7 Å². The maximum Gasteiger partial charge on any atom is 0.273 e. The zero-order chi connectivity index (χ0) is 21.0. The normalized spacial score (nSPS) is 10.8. The molecule has 152 valence electrons. The molecule has 0 spiro atoms. The Bertz CT molecular complexity index is 1010. The minimum absolute atomic E-state index is 0.0804. The lowest BCUT2D eigenvalue weighted by Gasteiger charge is -2.12. The van der Waals surface area contributed by atoms with E-state index in [0.29, 0.717) is 17.1 Å². The molecule has 0 aliphatic heterocycles. The first-order valence-electron chi connectivity index (χ1n) is 9.22. The Hall–Kier alpha value is -3.35. The Morgan fingerprint density at radius 1 is 1.17 bits per heavy atom. The lowest BCUT2D eigenvalue weighted by Crippen LogP contribution is -2.23. The first-order valence-corrected chi connectivity index (χ1v) is 9.22. The predicted octanol–water partition coefficient (Wildman–Crippen LogP) is 4.51. The van der Waals surface area contributed by atoms with E-state index in [9.17, 15) is 9.18 Å². The van der Waals surface area contributed by atoms with Gasteiger partial charge < -0.3 is 19.3 Å². The molecule has 3 rings (SSSR count). The van der Waals surface area contributed by atoms with Gasteiger partial charge >= 0.3 is 0 Å². The van der Waals surface area contributed by atoms with Crippen LogP contribution in [0.3, 0.4) is 0 Å². The van der Waals surface area contributed by atoms with E-state index in [4.69, 9.17) is 14.0 Å². The highest BCUT2D eigenvalue weighted by Crippen LogP contribution is 2.27. The molecule has 1 heterocycles. The van der Waals surface area contributed by atoms with Crippen molar-refractivity contribution >= 4 is 5.91 Å². The quantitative estimate of drug-likeness (QED) is 0.634. The fraction of sp³-hybridized carbons (Fsp3) is 0.273. The topological polar surface area (TPSA) is 73.6 Å². The summed E-state index contributed by atoms with van der Waals surface area (Å²) in [6, 6.07) is 11.3. The summed E-state index contributed by atoms with van der Waals surface area (Å²) < 4.78 is 29.7. The standard InChI is InChI=1S/C22H23FN2O4/c1-13(2)28-19-7-5-15(9-14(19)3)21-11-18(25-29-21)22(26)24-12-16-10-17(23)6-8-20(16)27-4/h5-11,13H,12H2,1-4H3,(H,24,26). The molecule has 1 N–H and O–H groups in total. The van der Waals surface area contributed by atoms with Crippen LogP contribution >= 0.6 is 0 Å². The lowest BCUT2D eigenvalue weighted by molar-refractivity contribution is 0.0941. The van der Waals surface area contributed by atoms with Gasteiger partial charge in [0.1, 0.15) is 17.3 Å². The summed E-state index contributed by atoms with van der Waals surface area (Å²) in [4.78, 5) is 12.4. The van der Waals surface area contributed by atoms with Crippen molar-refractivity contribution < 1.29 is 23.2 Å². The number of hydrogen-bond acceptors (Lipinski definition) is 5. The van der Waals surface area contributed by atoms with Crippen LogP contribution in [0, 0.1) is 12.7 Å². The van der Waals surface area contributed by atoms with Gasteiger partial charge in [0, 0.05) is 23.7 Å². The molecule has 2 aromatic carbocycles. The van der Waals surface area contributed by atoms with Gasteiger partial charge in [-0.2, -0.15) is 0 Å². The Morgan fingerprint density at radius 2 is 1.93 bits per heavy atom. The molecule has 0 fully saturated rings. The van der Waals surface area contributed by atoms with E-state index < -0.39 is 11.7 Å². The fourth-order valence-electron chi connectivity index (χ4n) is 2.86. The summed E-state index contributed by atoms with van der Waals surface area (Å²) in [7, 11) is 1.49. The number of amides is 1. The number of ether oxygens (including phenoxy) is 2. The number of nitrogens with zero attached hydrogens (tertiary/aromatic N) is 1. The van der Waals surface area contributed by atoms with Crippen LogP contribution in [0.25, 0.3) is 11.3 Å². The second kappa shape index (κ2) is 8.77. The molecule has 0 saturated carbocycles. The molecule has 0 bridgehead atoms. The van der Waals surface area contributed by atoms with Gasteiger partial charge in [-0.3, -0.25) is 4.79 Å². The van der Waals surface area contributed by atoms with Gasteiger partial charge in [0.2, 0.25) is 0 Å². The third kappa shape index (κ3) is 4.93. The van der Waals surface area contributed by atoms with Gasteiger partial charge in [-0.1, -0.05) is 5.16 Å². The summed E-state index contributed by atoms with van der Waals surface area (Å²) in [5.74, 6) is 0.927. The molecule has 0 atom stereocenters. The maximum absolute atomic E-state index is 13.4. The van der Waals surface area contributed by atoms with Crippen LogP contribution in [-0.4, -0.2) is 24.3 Å². The minimum atomic E-state index is -0.428. The van der Waals surface area contributed by atoms with Crippen molar-refractivity contribution in [3.8, 4) is 22.8 Å². The third-order valence-electron chi connectivity index (χ3n) is 4.25. The van der Waals surface area contributed by atoms with Crippen LogP contribution in [0.15, 0.2) is 47.0 Å². The summed E-state index contributed by atoms with van der Waals surface area (Å²) in [6.45, 7) is 5.97. The smallest absolute Gasteiger partial charge is 0.273 e. The van der Waals surface area contributed by atoms with Crippen LogP contribution in [-0.2, 0) is 6.54 Å². The molecule has 29 heavy (non-hydrogen) atoms. The summed E-state index contributed by atoms with van der Waals surface area (Å²) >= 11 is 0. The maximum atomic E-state index is 13.4. The monoisotopic (exact) mass is 398 g/mol. The molecule has 0 unspecified atom stereocenters. The molecule has 1 aromatic heterocycles. The molecule has 0 saturated heterocycles. The van der Waals surface area contributed by atoms with E-state index in [-0.39, 0.29) is 18.3 Å². The van der Waals surface area contributed by atoms with Crippen molar-refractivity contribution in [2.45, 2.75) is 33.4 Å². The zero-order valence-electron chi connectivity index (χ0n) is 16.8. The van der Waals surface area contributed by atoms with Crippen LogP contribution in [0.1, 0.15) is 35.5 Å². The van der Waals surface area contributed by atoms with E-state index in [1.54, 1.807) is 6.07 Å². The molecular weight excluding hydrogens is 375 g/mol. The van der Waals surface area contributed by atoms with Gasteiger partial charge in [0.15, 0.2) is 11.5 Å².